The highest BCUT2D eigenvalue weighted by molar-refractivity contribution is 7.85. The van der Waals surface area contributed by atoms with Gasteiger partial charge in [-0.3, -0.25) is 9.35 Å². The van der Waals surface area contributed by atoms with E-state index < -0.39 is 10.1 Å². The average molecular weight is 338 g/mol. The van der Waals surface area contributed by atoms with E-state index in [0.717, 1.165) is 36.8 Å². The van der Waals surface area contributed by atoms with Crippen molar-refractivity contribution in [1.82, 2.24) is 5.32 Å². The summed E-state index contributed by atoms with van der Waals surface area (Å²) in [5.74, 6) is -0.270. The third-order valence-corrected chi connectivity index (χ3v) is 4.08. The number of hydrogen-bond donors (Lipinski definition) is 2. The van der Waals surface area contributed by atoms with Gasteiger partial charge < -0.3 is 15.3 Å². The van der Waals surface area contributed by atoms with E-state index >= 15 is 0 Å². The molecule has 0 saturated heterocycles. The third kappa shape index (κ3) is 14.0. The maximum atomic E-state index is 11.3. The Balaban J connectivity index is 0. The zero-order valence-corrected chi connectivity index (χ0v) is 14.7. The third-order valence-electron chi connectivity index (χ3n) is 3.28. The van der Waals surface area contributed by atoms with Crippen LogP contribution in [0.25, 0.3) is 0 Å². The fraction of sp³-hybridized carbons (Fsp3) is 0.786. The number of carbonyl (C=O) groups excluding carboxylic acids is 1. The Labute approximate surface area is 134 Å². The molecule has 0 aromatic carbocycles. The van der Waals surface area contributed by atoms with Crippen LogP contribution < -0.4 is 5.32 Å². The van der Waals surface area contributed by atoms with Crippen molar-refractivity contribution >= 4 is 16.0 Å². The molecule has 0 heterocycles. The molecule has 0 bridgehead atoms. The quantitative estimate of drug-likeness (QED) is 0.253. The van der Waals surface area contributed by atoms with Crippen LogP contribution in [0.2, 0.25) is 0 Å². The highest BCUT2D eigenvalue weighted by atomic mass is 32.2. The van der Waals surface area contributed by atoms with Crippen LogP contribution in [0.4, 0.5) is 0 Å². The monoisotopic (exact) mass is 338 g/mol. The van der Waals surface area contributed by atoms with Crippen molar-refractivity contribution in [3.8, 4) is 0 Å². The standard InChI is InChI=1S/C14H28N2O4S.H2O/c1-13(2)14(17)15-9-5-6-10-16(3,4)11-7-8-12-21(18,19)20;/h1,5-12H2,2-4H3,(H-,15,17,18,19,20);1H2. The Bertz CT molecular complexity index is 446. The van der Waals surface area contributed by atoms with Gasteiger partial charge in [0.25, 0.3) is 10.1 Å². The second kappa shape index (κ2) is 10.7. The summed E-state index contributed by atoms with van der Waals surface area (Å²) in [4.78, 5) is 11.3. The lowest BCUT2D eigenvalue weighted by Gasteiger charge is -2.29. The molecule has 0 aliphatic carbocycles. The predicted molar refractivity (Wildman–Crippen MR) is 86.5 cm³/mol. The van der Waals surface area contributed by atoms with Crippen molar-refractivity contribution in [2.75, 3.05) is 39.5 Å². The Hall–Kier alpha value is -0.960. The molecule has 0 saturated carbocycles. The molecular formula is C14H30N2O5S. The zero-order valence-electron chi connectivity index (χ0n) is 13.8. The van der Waals surface area contributed by atoms with Crippen LogP contribution in [0.5, 0.6) is 0 Å². The van der Waals surface area contributed by atoms with E-state index in [1.165, 1.54) is 0 Å². The summed E-state index contributed by atoms with van der Waals surface area (Å²) in [5.41, 5.74) is 0.518. The summed E-state index contributed by atoms with van der Waals surface area (Å²) in [5, 5.41) is 2.80. The second-order valence-corrected chi connectivity index (χ2v) is 7.69. The molecule has 0 spiro atoms. The molecule has 0 radical (unpaired) electrons. The van der Waals surface area contributed by atoms with Crippen molar-refractivity contribution in [2.45, 2.75) is 32.6 Å². The van der Waals surface area contributed by atoms with Crippen molar-refractivity contribution in [3.05, 3.63) is 12.2 Å². The summed E-state index contributed by atoms with van der Waals surface area (Å²) in [7, 11) is 0.359. The molecule has 0 rings (SSSR count). The number of carbonyl (C=O) groups is 1. The van der Waals surface area contributed by atoms with Crippen LogP contribution in [0, 0.1) is 0 Å². The van der Waals surface area contributed by atoms with Gasteiger partial charge in [0.1, 0.15) is 0 Å². The van der Waals surface area contributed by atoms with Gasteiger partial charge in [0.15, 0.2) is 0 Å². The molecule has 0 aliphatic rings. The maximum absolute atomic E-state index is 11.3. The molecule has 3 N–H and O–H groups in total. The summed E-state index contributed by atoms with van der Waals surface area (Å²) >= 11 is 0. The SMILES string of the molecule is C=C(C)C(=O)NCCCC[N+](C)(C)CCCCS(=O)(=O)O.[OH-]. The number of nitrogens with zero attached hydrogens (tertiary/aromatic N) is 1. The molecule has 7 nitrogen and oxygen atoms in total. The Morgan fingerprint density at radius 2 is 1.64 bits per heavy atom. The van der Waals surface area contributed by atoms with E-state index in [0.29, 0.717) is 18.5 Å². The topological polar surface area (TPSA) is 113 Å². The number of nitrogens with one attached hydrogen (secondary N) is 1. The van der Waals surface area contributed by atoms with E-state index in [1.54, 1.807) is 6.92 Å². The van der Waals surface area contributed by atoms with Gasteiger partial charge in [-0.05, 0) is 32.6 Å². The first kappa shape index (κ1) is 23.3. The smallest absolute Gasteiger partial charge is 0.264 e. The molecule has 0 aromatic rings. The fourth-order valence-electron chi connectivity index (χ4n) is 1.95. The van der Waals surface area contributed by atoms with Gasteiger partial charge >= 0.3 is 0 Å². The van der Waals surface area contributed by atoms with Gasteiger partial charge in [-0.15, -0.1) is 0 Å². The zero-order chi connectivity index (χ0) is 16.5. The Kier molecular flexibility index (Phi) is 11.4. The summed E-state index contributed by atoms with van der Waals surface area (Å²) < 4.78 is 30.7. The van der Waals surface area contributed by atoms with E-state index in [-0.39, 0.29) is 17.1 Å². The van der Waals surface area contributed by atoms with Crippen LogP contribution in [-0.4, -0.2) is 68.3 Å². The van der Waals surface area contributed by atoms with Crippen LogP contribution >= 0.6 is 0 Å². The predicted octanol–water partition coefficient (Wildman–Crippen LogP) is 1.03. The van der Waals surface area contributed by atoms with E-state index in [4.69, 9.17) is 4.55 Å². The number of unbranched alkanes of at least 4 members (excludes halogenated alkanes) is 2. The Morgan fingerprint density at radius 3 is 2.09 bits per heavy atom. The number of amides is 1. The summed E-state index contributed by atoms with van der Waals surface area (Å²) in [6.07, 6.45) is 3.14. The van der Waals surface area contributed by atoms with Gasteiger partial charge in [0.05, 0.1) is 32.9 Å². The molecule has 0 fully saturated rings. The van der Waals surface area contributed by atoms with E-state index in [9.17, 15) is 13.2 Å². The number of quaternary nitrogens is 1. The molecular weight excluding hydrogens is 308 g/mol. The molecule has 0 aliphatic heterocycles. The van der Waals surface area contributed by atoms with Crippen LogP contribution in [0.1, 0.15) is 32.6 Å². The molecule has 0 atom stereocenters. The molecule has 1 amide bonds. The van der Waals surface area contributed by atoms with Gasteiger partial charge in [-0.25, -0.2) is 0 Å². The number of rotatable bonds is 11. The highest BCUT2D eigenvalue weighted by Gasteiger charge is 2.15. The maximum Gasteiger partial charge on any atom is 0.264 e. The molecule has 0 unspecified atom stereocenters. The first-order valence-corrected chi connectivity index (χ1v) is 8.85. The minimum absolute atomic E-state index is 0. The first-order valence-electron chi connectivity index (χ1n) is 7.24. The van der Waals surface area contributed by atoms with Crippen molar-refractivity contribution in [3.63, 3.8) is 0 Å². The average Bonchev–Trinajstić information content (AvgIpc) is 2.32. The van der Waals surface area contributed by atoms with Gasteiger partial charge in [0, 0.05) is 12.1 Å². The lowest BCUT2D eigenvalue weighted by Crippen LogP contribution is -2.41. The molecule has 8 heteroatoms. The van der Waals surface area contributed by atoms with Gasteiger partial charge in [0.2, 0.25) is 5.91 Å². The van der Waals surface area contributed by atoms with E-state index in [2.05, 4.69) is 26.0 Å². The Morgan fingerprint density at radius 1 is 1.14 bits per heavy atom. The minimum atomic E-state index is -3.84. The minimum Gasteiger partial charge on any atom is -0.870 e. The molecule has 0 aromatic heterocycles. The summed E-state index contributed by atoms with van der Waals surface area (Å²) in [6.45, 7) is 7.74. The molecule has 22 heavy (non-hydrogen) atoms. The summed E-state index contributed by atoms with van der Waals surface area (Å²) in [6, 6.07) is 0. The van der Waals surface area contributed by atoms with Gasteiger partial charge in [-0.2, -0.15) is 8.42 Å². The fourth-order valence-corrected chi connectivity index (χ4v) is 2.52. The van der Waals surface area contributed by atoms with E-state index in [1.807, 2.05) is 0 Å². The normalized spacial score (nSPS) is 11.6. The van der Waals surface area contributed by atoms with Crippen molar-refractivity contribution < 1.29 is 27.7 Å². The lowest BCUT2D eigenvalue weighted by molar-refractivity contribution is -0.890. The lowest BCUT2D eigenvalue weighted by atomic mass is 10.2. The van der Waals surface area contributed by atoms with Crippen LogP contribution in [-0.2, 0) is 14.9 Å². The van der Waals surface area contributed by atoms with Crippen LogP contribution in [0.3, 0.4) is 0 Å². The van der Waals surface area contributed by atoms with Gasteiger partial charge in [-0.1, -0.05) is 6.58 Å². The largest absolute Gasteiger partial charge is 0.870 e. The van der Waals surface area contributed by atoms with Crippen LogP contribution in [0.15, 0.2) is 12.2 Å². The van der Waals surface area contributed by atoms with Crippen molar-refractivity contribution in [2.24, 2.45) is 0 Å². The number of hydrogen-bond acceptors (Lipinski definition) is 4. The molecule has 132 valence electrons. The highest BCUT2D eigenvalue weighted by Crippen LogP contribution is 2.05. The first-order chi connectivity index (χ1) is 9.53. The second-order valence-electron chi connectivity index (χ2n) is 6.12. The van der Waals surface area contributed by atoms with Crippen molar-refractivity contribution in [1.29, 1.82) is 0 Å².